The van der Waals surface area contributed by atoms with Gasteiger partial charge < -0.3 is 50.1 Å². The number of unbranched alkanes of at least 4 members (excludes halogenated alkanes) is 12. The average molecular weight is 1390 g/mol. The fraction of sp³-hybridized carbons (Fsp3) is 0.851. The molecule has 0 heterocycles. The highest BCUT2D eigenvalue weighted by molar-refractivity contribution is 14.2. The molecule has 77 heavy (non-hydrogen) atoms. The zero-order chi connectivity index (χ0) is 59.4. The Morgan fingerprint density at radius 1 is 0.532 bits per heavy atom. The summed E-state index contributed by atoms with van der Waals surface area (Å²) in [6.45, 7) is 2.05. The number of amides is 2. The Balaban J connectivity index is -0.000000458. The Morgan fingerprint density at radius 2 is 0.961 bits per heavy atom. The van der Waals surface area contributed by atoms with Gasteiger partial charge in [-0.05, 0) is 90.4 Å². The van der Waals surface area contributed by atoms with Crippen molar-refractivity contribution in [1.82, 2.24) is 15.7 Å². The summed E-state index contributed by atoms with van der Waals surface area (Å²) in [6, 6.07) is -0.627. The molecule has 462 valence electrons. The van der Waals surface area contributed by atoms with Gasteiger partial charge in [-0.25, -0.2) is 5.90 Å². The molecule has 0 aliphatic rings. The van der Waals surface area contributed by atoms with E-state index in [1.165, 1.54) is 27.2 Å². The van der Waals surface area contributed by atoms with Crippen molar-refractivity contribution in [3.8, 4) is 0 Å². The van der Waals surface area contributed by atoms with Crippen LogP contribution in [0.15, 0.2) is 0 Å². The maximum Gasteiger partial charge on any atom is 0.320 e. The fourth-order valence-electron chi connectivity index (χ4n) is 5.98. The third-order valence-electron chi connectivity index (χ3n) is 9.93. The second-order valence-electron chi connectivity index (χ2n) is 15.7. The Bertz CT molecular complexity index is 1330. The maximum absolute atomic E-state index is 12.4. The van der Waals surface area contributed by atoms with Gasteiger partial charge in [-0.2, -0.15) is 0 Å². The van der Waals surface area contributed by atoms with Gasteiger partial charge in [-0.1, -0.05) is 138 Å². The Kier molecular flexibility index (Phi) is 92.6. The summed E-state index contributed by atoms with van der Waals surface area (Å²) >= 11 is 3.05. The van der Waals surface area contributed by atoms with Gasteiger partial charge >= 0.3 is 17.9 Å². The van der Waals surface area contributed by atoms with Crippen LogP contribution in [0, 0.1) is 5.92 Å². The van der Waals surface area contributed by atoms with E-state index in [0.717, 1.165) is 69.4 Å². The first-order chi connectivity index (χ1) is 37.1. The van der Waals surface area contributed by atoms with Gasteiger partial charge in [0, 0.05) is 73.0 Å². The number of nitrogens with two attached hydrogens (primary N) is 1. The number of rotatable bonds is 49. The highest BCUT2D eigenvalue weighted by Gasteiger charge is 2.22. The molecule has 3 atom stereocenters. The summed E-state index contributed by atoms with van der Waals surface area (Å²) in [6.07, 6.45) is 28.1. The number of ketones is 2. The number of nitrogens with one attached hydrogen (secondary N) is 3. The predicted octanol–water partition coefficient (Wildman–Crippen LogP) is 10.9. The molecule has 0 aromatic carbocycles. The molecule has 9 N–H and O–H groups in total. The molecule has 0 aromatic heterocycles. The largest absolute Gasteiger partial charge is 0.481 e. The number of carbonyl (C=O) groups is 7. The van der Waals surface area contributed by atoms with Crippen LogP contribution in [0.4, 0.5) is 4.70 Å². The minimum atomic E-state index is -1.08. The number of thiol groups is 1. The van der Waals surface area contributed by atoms with Gasteiger partial charge in [-0.15, -0.1) is 11.6 Å². The van der Waals surface area contributed by atoms with E-state index in [4.69, 9.17) is 35.5 Å². The first kappa shape index (κ1) is 88.5. The summed E-state index contributed by atoms with van der Waals surface area (Å²) in [7, 11) is 14.2. The Labute approximate surface area is 509 Å². The standard InChI is InChI=1S/C41H74N3O14P.3C2H6S2.FH.HIS2.H3NO/c45-34(16-11-9-7-5-3-1-2-4-6-8-10-12-19-39(49)50)30-33(40(51)52)20-21-37(47)43-23-25-56-27-28-57-31-35(46)17-15-24-55-26-29-58-32-38(48)42-22-14-13-18-36(44-59)41(53)54;3*1-3-4-2;;1-3-2;1-2/h33,36,44H,1-32,59H2,(H,42,48)(H,43,47)(H,49,50)(H,51,52)(H,53,54);3*1-2H3;1H;2H;2H,1H2/t33-,36+;;;;;;/m1....../s1/i/hT. The van der Waals surface area contributed by atoms with Crippen molar-refractivity contribution in [2.75, 3.05) is 103 Å². The molecule has 0 spiro atoms. The molecule has 0 rings (SSSR count). The van der Waals surface area contributed by atoms with Gasteiger partial charge in [0.1, 0.15) is 26.2 Å². The fourth-order valence-corrected chi connectivity index (χ4v) is 6.29. The molecule has 0 radical (unpaired) electrons. The van der Waals surface area contributed by atoms with Crippen LogP contribution in [-0.2, 0) is 52.5 Å². The minimum Gasteiger partial charge on any atom is -0.481 e. The second kappa shape index (κ2) is 80.5. The third-order valence-corrected chi connectivity index (χ3v) is 14.3. The Hall–Kier alpha value is 0.300. The normalized spacial score (nSPS) is 11.0. The number of carboxylic acid groups (broad SMARTS) is 3. The predicted molar refractivity (Wildman–Crippen MR) is 344 cm³/mol. The number of hydrogen-bond acceptors (Lipinski definition) is 22. The van der Waals surface area contributed by atoms with Crippen LogP contribution in [0.3, 0.4) is 0 Å². The molecular weight excluding hydrogens is 1290 g/mol. The number of hydrogen-bond donors (Lipinski definition) is 9. The molecule has 0 aromatic rings. The second-order valence-corrected chi connectivity index (χ2v) is 27.8. The maximum atomic E-state index is 12.4. The summed E-state index contributed by atoms with van der Waals surface area (Å²) in [5, 5.41) is 41.7. The molecule has 0 aliphatic carbocycles. The number of ether oxygens (including phenoxy) is 4. The molecule has 2 amide bonds. The van der Waals surface area contributed by atoms with E-state index < -0.39 is 29.9 Å². The molecule has 0 saturated carbocycles. The first-order valence-corrected chi connectivity index (χ1v) is 38.8. The van der Waals surface area contributed by atoms with Gasteiger partial charge in [0.05, 0.1) is 39.0 Å². The van der Waals surface area contributed by atoms with Crippen LogP contribution in [0.2, 0.25) is 0 Å². The summed E-state index contributed by atoms with van der Waals surface area (Å²) in [5.41, 5.74) is 0. The SMILES string of the molecule is CSSC.CSSC.CSSC.F.NO.O=C(O)CCCCCCCCCCCCCCC(=O)C[C@@H](CCC(=O)NCCOCCOCC(=O)CCCOCCOCC(=O)NCCCC[C@H](NP)C(=O)O)C(=O)O.[3H]SSI. The van der Waals surface area contributed by atoms with Crippen LogP contribution < -0.4 is 21.6 Å². The van der Waals surface area contributed by atoms with Crippen LogP contribution in [0.1, 0.15) is 141 Å². The van der Waals surface area contributed by atoms with Crippen molar-refractivity contribution >= 4 is 156 Å². The van der Waals surface area contributed by atoms with E-state index >= 15 is 0 Å². The van der Waals surface area contributed by atoms with Gasteiger partial charge in [0.2, 0.25) is 11.8 Å². The molecule has 1 unspecified atom stereocenters. The van der Waals surface area contributed by atoms with Crippen LogP contribution in [0.5, 0.6) is 0 Å². The van der Waals surface area contributed by atoms with Crippen molar-refractivity contribution < 1.29 is 77.7 Å². The van der Waals surface area contributed by atoms with Gasteiger partial charge in [-0.3, -0.25) is 43.4 Å². The van der Waals surface area contributed by atoms with Crippen LogP contribution in [0.25, 0.3) is 0 Å². The lowest BCUT2D eigenvalue weighted by Crippen LogP contribution is -2.31. The van der Waals surface area contributed by atoms with Crippen LogP contribution >= 0.6 is 115 Å². The van der Waals surface area contributed by atoms with Crippen LogP contribution in [-0.4, -0.2) is 172 Å². The van der Waals surface area contributed by atoms with Crippen molar-refractivity contribution in [1.29, 1.82) is 1.12 Å². The number of halogens is 2. The van der Waals surface area contributed by atoms with Gasteiger partial charge in [0.25, 0.3) is 0 Å². The monoisotopic (exact) mass is 1390 g/mol. The molecule has 0 fully saturated rings. The molecule has 0 saturated heterocycles. The number of carbonyl (C=O) groups excluding carboxylic acids is 4. The van der Waals surface area contributed by atoms with Gasteiger partial charge in [0.15, 0.2) is 5.78 Å². The van der Waals surface area contributed by atoms with Crippen molar-refractivity contribution in [3.05, 3.63) is 0 Å². The highest BCUT2D eigenvalue weighted by Crippen LogP contribution is 2.17. The molecule has 30 heteroatoms. The molecule has 0 bridgehead atoms. The zero-order valence-electron chi connectivity index (χ0n) is 47.3. The zero-order valence-corrected chi connectivity index (χ0v) is 56.1. The summed E-state index contributed by atoms with van der Waals surface area (Å²) in [4.78, 5) is 81.5. The van der Waals surface area contributed by atoms with E-state index in [0.29, 0.717) is 45.3 Å². The van der Waals surface area contributed by atoms with Crippen molar-refractivity contribution in [3.63, 3.8) is 0 Å². The lowest BCUT2D eigenvalue weighted by Gasteiger charge is -2.12. The average Bonchev–Trinajstić information content (AvgIpc) is 3.42. The topological polar surface area (TPSA) is 299 Å². The smallest absolute Gasteiger partial charge is 0.320 e. The minimum absolute atomic E-state index is 0. The number of Topliss-reactive ketones (excluding diaryl/α,β-unsaturated/α-hetero) is 2. The van der Waals surface area contributed by atoms with Crippen molar-refractivity contribution in [2.24, 2.45) is 11.8 Å². The number of aliphatic carboxylic acids is 3. The van der Waals surface area contributed by atoms with Crippen molar-refractivity contribution in [2.45, 2.75) is 147 Å². The molecular formula is C47H97FIN4O15PS8. The number of carboxylic acids is 3. The first-order valence-electron chi connectivity index (χ1n) is 25.4. The lowest BCUT2D eigenvalue weighted by molar-refractivity contribution is -0.144. The molecule has 19 nitrogen and oxygen atoms in total. The lowest BCUT2D eigenvalue weighted by atomic mass is 9.94. The molecule has 0 aliphatic heterocycles. The van der Waals surface area contributed by atoms with E-state index in [1.54, 1.807) is 64.8 Å². The summed E-state index contributed by atoms with van der Waals surface area (Å²) < 4.78 is 27.8. The third kappa shape index (κ3) is 87.7. The Morgan fingerprint density at radius 3 is 1.40 bits per heavy atom. The summed E-state index contributed by atoms with van der Waals surface area (Å²) in [5.74, 6) is -0.849. The van der Waals surface area contributed by atoms with E-state index in [1.807, 2.05) is 21.2 Å². The van der Waals surface area contributed by atoms with E-state index in [9.17, 15) is 38.7 Å². The quantitative estimate of drug-likeness (QED) is 0.00683. The highest BCUT2D eigenvalue weighted by atomic mass is 127. The van der Waals surface area contributed by atoms with E-state index in [-0.39, 0.29) is 113 Å². The van der Waals surface area contributed by atoms with E-state index in [2.05, 4.69) is 68.5 Å².